The highest BCUT2D eigenvalue weighted by Crippen LogP contribution is 2.55. The molecule has 1 unspecified atom stereocenters. The van der Waals surface area contributed by atoms with Crippen molar-refractivity contribution in [3.63, 3.8) is 0 Å². The van der Waals surface area contributed by atoms with Crippen LogP contribution in [0.5, 0.6) is 0 Å². The van der Waals surface area contributed by atoms with Gasteiger partial charge in [-0.25, -0.2) is 4.79 Å². The van der Waals surface area contributed by atoms with Gasteiger partial charge in [-0.1, -0.05) is 35.5 Å². The summed E-state index contributed by atoms with van der Waals surface area (Å²) in [6, 6.07) is 9.85. The maximum absolute atomic E-state index is 11.6. The molecular weight excluding hydrogens is 218 g/mol. The summed E-state index contributed by atoms with van der Waals surface area (Å²) in [6.07, 6.45) is 1.30. The van der Waals surface area contributed by atoms with Crippen LogP contribution in [-0.2, 0) is 14.4 Å². The fourth-order valence-electron chi connectivity index (χ4n) is 2.37. The molecule has 1 saturated carbocycles. The van der Waals surface area contributed by atoms with Gasteiger partial charge in [-0.3, -0.25) is 0 Å². The molecule has 0 bridgehead atoms. The maximum atomic E-state index is 11.6. The van der Waals surface area contributed by atoms with E-state index in [1.54, 1.807) is 0 Å². The molecule has 2 aliphatic rings. The Labute approximate surface area is 99.2 Å². The molecule has 1 aliphatic heterocycles. The molecule has 1 aromatic carbocycles. The number of esters is 1. The summed E-state index contributed by atoms with van der Waals surface area (Å²) in [7, 11) is 1.38. The zero-order chi connectivity index (χ0) is 11.9. The molecule has 4 heteroatoms. The number of rotatable bonds is 2. The molecule has 1 atom stereocenters. The predicted octanol–water partition coefficient (Wildman–Crippen LogP) is 1.74. The maximum Gasteiger partial charge on any atom is 0.350 e. The van der Waals surface area contributed by atoms with Crippen molar-refractivity contribution in [2.75, 3.05) is 7.11 Å². The van der Waals surface area contributed by atoms with E-state index in [9.17, 15) is 4.79 Å². The zero-order valence-electron chi connectivity index (χ0n) is 9.55. The summed E-state index contributed by atoms with van der Waals surface area (Å²) in [5.41, 5.74) is 1.67. The second-order valence-corrected chi connectivity index (χ2v) is 4.47. The second-order valence-electron chi connectivity index (χ2n) is 4.47. The van der Waals surface area contributed by atoms with Crippen LogP contribution in [0.1, 0.15) is 18.4 Å². The minimum atomic E-state index is -0.567. The zero-order valence-corrected chi connectivity index (χ0v) is 9.55. The highest BCUT2D eigenvalue weighted by atomic mass is 16.7. The monoisotopic (exact) mass is 231 g/mol. The van der Waals surface area contributed by atoms with Gasteiger partial charge >= 0.3 is 5.97 Å². The Morgan fingerprint density at radius 3 is 2.71 bits per heavy atom. The van der Waals surface area contributed by atoms with E-state index in [-0.39, 0.29) is 11.4 Å². The Kier molecular flexibility index (Phi) is 2.18. The summed E-state index contributed by atoms with van der Waals surface area (Å²) in [5.74, 6) is -0.336. The molecule has 1 aliphatic carbocycles. The van der Waals surface area contributed by atoms with E-state index in [0.717, 1.165) is 24.1 Å². The first-order chi connectivity index (χ1) is 8.28. The van der Waals surface area contributed by atoms with Gasteiger partial charge in [-0.05, 0) is 12.8 Å². The molecule has 17 heavy (non-hydrogen) atoms. The van der Waals surface area contributed by atoms with E-state index in [2.05, 4.69) is 5.16 Å². The van der Waals surface area contributed by atoms with Crippen LogP contribution in [0.3, 0.4) is 0 Å². The normalized spacial score (nSPS) is 24.1. The van der Waals surface area contributed by atoms with Crippen LogP contribution >= 0.6 is 0 Å². The van der Waals surface area contributed by atoms with Gasteiger partial charge in [0.15, 0.2) is 0 Å². The van der Waals surface area contributed by atoms with E-state index in [0.29, 0.717) is 0 Å². The standard InChI is InChI=1S/C13H13NO3/c1-16-12(15)11-13(7-8-13)10(14-17-11)9-5-3-2-4-6-9/h2-6,11H,7-8H2,1H3. The molecule has 0 amide bonds. The first-order valence-electron chi connectivity index (χ1n) is 5.65. The highest BCUT2D eigenvalue weighted by molar-refractivity contribution is 6.09. The summed E-state index contributed by atoms with van der Waals surface area (Å²) in [5, 5.41) is 4.09. The molecule has 88 valence electrons. The molecule has 0 aromatic heterocycles. The van der Waals surface area contributed by atoms with E-state index in [1.807, 2.05) is 30.3 Å². The van der Waals surface area contributed by atoms with Crippen LogP contribution in [-0.4, -0.2) is 24.9 Å². The number of methoxy groups -OCH3 is 1. The van der Waals surface area contributed by atoms with Crippen molar-refractivity contribution >= 4 is 11.7 Å². The van der Waals surface area contributed by atoms with Crippen molar-refractivity contribution in [3.05, 3.63) is 35.9 Å². The number of hydrogen-bond acceptors (Lipinski definition) is 4. The number of oxime groups is 1. The Hall–Kier alpha value is -1.84. The van der Waals surface area contributed by atoms with Crippen molar-refractivity contribution in [3.8, 4) is 0 Å². The predicted molar refractivity (Wildman–Crippen MR) is 61.5 cm³/mol. The number of carbonyl (C=O) groups excluding carboxylic acids is 1. The fraction of sp³-hybridized carbons (Fsp3) is 0.385. The summed E-state index contributed by atoms with van der Waals surface area (Å²) < 4.78 is 4.76. The lowest BCUT2D eigenvalue weighted by atomic mass is 9.89. The van der Waals surface area contributed by atoms with Crippen molar-refractivity contribution in [1.29, 1.82) is 0 Å². The summed E-state index contributed by atoms with van der Waals surface area (Å²) in [6.45, 7) is 0. The fourth-order valence-corrected chi connectivity index (χ4v) is 2.37. The molecule has 4 nitrogen and oxygen atoms in total. The molecular formula is C13H13NO3. The number of hydrogen-bond donors (Lipinski definition) is 0. The van der Waals surface area contributed by atoms with Gasteiger partial charge < -0.3 is 9.57 Å². The Balaban J connectivity index is 1.93. The van der Waals surface area contributed by atoms with E-state index in [1.165, 1.54) is 7.11 Å². The molecule has 1 aromatic rings. The molecule has 1 heterocycles. The quantitative estimate of drug-likeness (QED) is 0.728. The lowest BCUT2D eigenvalue weighted by molar-refractivity contribution is -0.155. The van der Waals surface area contributed by atoms with Crippen LogP contribution < -0.4 is 0 Å². The lowest BCUT2D eigenvalue weighted by Gasteiger charge is -2.15. The van der Waals surface area contributed by atoms with Gasteiger partial charge in [-0.2, -0.15) is 0 Å². The average Bonchev–Trinajstić information content (AvgIpc) is 3.05. The molecule has 1 fully saturated rings. The third-order valence-electron chi connectivity index (χ3n) is 3.47. The minimum Gasteiger partial charge on any atom is -0.466 e. The third kappa shape index (κ3) is 1.44. The first-order valence-corrected chi connectivity index (χ1v) is 5.65. The minimum absolute atomic E-state index is 0.242. The van der Waals surface area contributed by atoms with Crippen molar-refractivity contribution in [1.82, 2.24) is 0 Å². The largest absolute Gasteiger partial charge is 0.466 e. The number of nitrogens with zero attached hydrogens (tertiary/aromatic N) is 1. The first kappa shape index (κ1) is 10.3. The second kappa shape index (κ2) is 3.58. The van der Waals surface area contributed by atoms with Crippen LogP contribution in [0, 0.1) is 5.41 Å². The number of carbonyl (C=O) groups is 1. The van der Waals surface area contributed by atoms with E-state index < -0.39 is 6.10 Å². The van der Waals surface area contributed by atoms with Gasteiger partial charge in [0.05, 0.1) is 18.2 Å². The summed E-state index contributed by atoms with van der Waals surface area (Å²) in [4.78, 5) is 16.9. The van der Waals surface area contributed by atoms with Crippen molar-refractivity contribution in [2.45, 2.75) is 18.9 Å². The van der Waals surface area contributed by atoms with Gasteiger partial charge in [0.25, 0.3) is 0 Å². The Morgan fingerprint density at radius 1 is 1.41 bits per heavy atom. The lowest BCUT2D eigenvalue weighted by Crippen LogP contribution is -2.34. The topological polar surface area (TPSA) is 47.9 Å². The van der Waals surface area contributed by atoms with Gasteiger partial charge in [0, 0.05) is 5.56 Å². The SMILES string of the molecule is COC(=O)C1ON=C(c2ccccc2)C12CC2. The van der Waals surface area contributed by atoms with Crippen LogP contribution in [0.2, 0.25) is 0 Å². The Morgan fingerprint density at radius 2 is 2.12 bits per heavy atom. The van der Waals surface area contributed by atoms with Crippen LogP contribution in [0.4, 0.5) is 0 Å². The summed E-state index contributed by atoms with van der Waals surface area (Å²) >= 11 is 0. The van der Waals surface area contributed by atoms with Gasteiger partial charge in [0.1, 0.15) is 0 Å². The van der Waals surface area contributed by atoms with Crippen molar-refractivity contribution in [2.24, 2.45) is 10.6 Å². The number of ether oxygens (including phenoxy) is 1. The van der Waals surface area contributed by atoms with Gasteiger partial charge in [0.2, 0.25) is 6.10 Å². The van der Waals surface area contributed by atoms with Crippen LogP contribution in [0.25, 0.3) is 0 Å². The number of benzene rings is 1. The Bertz CT molecular complexity index is 477. The molecule has 0 N–H and O–H groups in total. The van der Waals surface area contributed by atoms with E-state index in [4.69, 9.17) is 9.57 Å². The average molecular weight is 231 g/mol. The molecule has 0 saturated heterocycles. The molecule has 1 spiro atoms. The molecule has 3 rings (SSSR count). The van der Waals surface area contributed by atoms with E-state index >= 15 is 0 Å². The highest BCUT2D eigenvalue weighted by Gasteiger charge is 2.62. The van der Waals surface area contributed by atoms with Gasteiger partial charge in [-0.15, -0.1) is 0 Å². The van der Waals surface area contributed by atoms with Crippen molar-refractivity contribution < 1.29 is 14.4 Å². The third-order valence-corrected chi connectivity index (χ3v) is 3.47. The van der Waals surface area contributed by atoms with Crippen LogP contribution in [0.15, 0.2) is 35.5 Å². The smallest absolute Gasteiger partial charge is 0.350 e. The molecule has 0 radical (unpaired) electrons.